The molecule has 0 aliphatic heterocycles. The van der Waals surface area contributed by atoms with Crippen LogP contribution in [0.1, 0.15) is 0 Å². The molecule has 0 saturated heterocycles. The molecule has 0 aromatic heterocycles. The van der Waals surface area contributed by atoms with E-state index in [1.807, 2.05) is 30.3 Å². The van der Waals surface area contributed by atoms with Gasteiger partial charge in [-0.1, -0.05) is 24.3 Å². The Hall–Kier alpha value is -2.24. The minimum absolute atomic E-state index is 0.0432. The first-order chi connectivity index (χ1) is 8.25. The van der Waals surface area contributed by atoms with Gasteiger partial charge >= 0.3 is 0 Å². The minimum Gasteiger partial charge on any atom is -0.264 e. The van der Waals surface area contributed by atoms with Crippen LogP contribution < -0.4 is 5.23 Å². The Morgan fingerprint density at radius 3 is 2.12 bits per heavy atom. The van der Waals surface area contributed by atoms with Crippen LogP contribution in [-0.4, -0.2) is 10.4 Å². The second-order valence-corrected chi connectivity index (χ2v) is 3.34. The van der Waals surface area contributed by atoms with Crippen molar-refractivity contribution in [2.45, 2.75) is 0 Å². The van der Waals surface area contributed by atoms with E-state index in [0.29, 0.717) is 5.69 Å². The first-order valence-corrected chi connectivity index (χ1v) is 5.00. The molecule has 0 fully saturated rings. The van der Waals surface area contributed by atoms with Gasteiger partial charge in [-0.05, 0) is 30.3 Å². The largest absolute Gasteiger partial charge is 0.264 e. The lowest BCUT2D eigenvalue weighted by atomic mass is 10.3. The van der Waals surface area contributed by atoms with Gasteiger partial charge in [-0.2, -0.15) is 10.2 Å². The number of hydrogen-bond donors (Lipinski definition) is 2. The van der Waals surface area contributed by atoms with E-state index < -0.39 is 0 Å². The molecule has 0 bridgehead atoms. The second kappa shape index (κ2) is 5.20. The van der Waals surface area contributed by atoms with E-state index in [-0.39, 0.29) is 10.9 Å². The fourth-order valence-corrected chi connectivity index (χ4v) is 1.29. The summed E-state index contributed by atoms with van der Waals surface area (Å²) in [6.07, 6.45) is 0. The molecule has 0 aliphatic carbocycles. The second-order valence-electron chi connectivity index (χ2n) is 3.34. The maximum Gasteiger partial charge on any atom is 0.0964 e. The highest BCUT2D eigenvalue weighted by Crippen LogP contribution is 2.22. The van der Waals surface area contributed by atoms with Crippen molar-refractivity contribution in [2.24, 2.45) is 10.2 Å². The predicted molar refractivity (Wildman–Crippen MR) is 63.1 cm³/mol. The van der Waals surface area contributed by atoms with Crippen molar-refractivity contribution >= 4 is 17.1 Å². The Morgan fingerprint density at radius 2 is 1.41 bits per heavy atom. The van der Waals surface area contributed by atoms with Crippen molar-refractivity contribution in [3.05, 3.63) is 54.6 Å². The summed E-state index contributed by atoms with van der Waals surface area (Å²) < 4.78 is 0. The molecule has 2 N–H and O–H groups in total. The minimum atomic E-state index is 0.0432. The van der Waals surface area contributed by atoms with Gasteiger partial charge in [-0.25, -0.2) is 0 Å². The zero-order valence-electron chi connectivity index (χ0n) is 8.93. The molecule has 0 aliphatic rings. The molecular formula is C12H11N3O2. The van der Waals surface area contributed by atoms with Gasteiger partial charge in [0.05, 0.1) is 17.1 Å². The van der Waals surface area contributed by atoms with Gasteiger partial charge in [0.15, 0.2) is 0 Å². The normalized spacial score (nSPS) is 10.7. The average molecular weight is 229 g/mol. The first kappa shape index (κ1) is 11.3. The number of benzene rings is 2. The number of hydrogen-bond acceptors (Lipinski definition) is 5. The molecule has 0 atom stereocenters. The van der Waals surface area contributed by atoms with Crippen molar-refractivity contribution in [3.63, 3.8) is 0 Å². The highest BCUT2D eigenvalue weighted by Gasteiger charge is 1.99. The number of azo groups is 1. The van der Waals surface area contributed by atoms with Gasteiger partial charge in [0.1, 0.15) is 0 Å². The fraction of sp³-hybridized carbons (Fsp3) is 0. The van der Waals surface area contributed by atoms with Crippen LogP contribution in [0.15, 0.2) is 64.8 Å². The van der Waals surface area contributed by atoms with Gasteiger partial charge in [0.2, 0.25) is 0 Å². The quantitative estimate of drug-likeness (QED) is 0.623. The van der Waals surface area contributed by atoms with Crippen molar-refractivity contribution in [1.29, 1.82) is 0 Å². The maximum atomic E-state index is 8.85. The Labute approximate surface area is 98.2 Å². The molecule has 5 nitrogen and oxygen atoms in total. The maximum absolute atomic E-state index is 8.85. The summed E-state index contributed by atoms with van der Waals surface area (Å²) in [5.74, 6) is 0. The standard InChI is InChI=1S/C12H11N3O2/c16-15(17)12-8-4-7-11(9-12)14-13-10-5-2-1-3-6-10/h1-9,16-17H. The third-order valence-electron chi connectivity index (χ3n) is 2.10. The fourth-order valence-electron chi connectivity index (χ4n) is 1.29. The third-order valence-corrected chi connectivity index (χ3v) is 2.10. The van der Waals surface area contributed by atoms with E-state index in [9.17, 15) is 0 Å². The highest BCUT2D eigenvalue weighted by molar-refractivity contribution is 5.52. The first-order valence-electron chi connectivity index (χ1n) is 5.00. The van der Waals surface area contributed by atoms with Gasteiger partial charge in [-0.3, -0.25) is 10.4 Å². The van der Waals surface area contributed by atoms with E-state index in [4.69, 9.17) is 10.4 Å². The molecule has 0 heterocycles. The number of anilines is 1. The van der Waals surface area contributed by atoms with E-state index in [2.05, 4.69) is 10.2 Å². The lowest BCUT2D eigenvalue weighted by Crippen LogP contribution is -2.10. The Kier molecular flexibility index (Phi) is 3.44. The third kappa shape index (κ3) is 3.10. The molecular weight excluding hydrogens is 218 g/mol. The van der Waals surface area contributed by atoms with Crippen LogP contribution in [0.3, 0.4) is 0 Å². The summed E-state index contributed by atoms with van der Waals surface area (Å²) in [6.45, 7) is 0. The molecule has 0 radical (unpaired) electrons. The monoisotopic (exact) mass is 229 g/mol. The van der Waals surface area contributed by atoms with Gasteiger partial charge in [0.25, 0.3) is 0 Å². The lowest BCUT2D eigenvalue weighted by molar-refractivity contribution is 0.0292. The van der Waals surface area contributed by atoms with Crippen LogP contribution in [0.25, 0.3) is 0 Å². The van der Waals surface area contributed by atoms with Crippen LogP contribution in [0.2, 0.25) is 0 Å². The molecule has 86 valence electrons. The molecule has 17 heavy (non-hydrogen) atoms. The molecule has 0 spiro atoms. The van der Waals surface area contributed by atoms with Crippen molar-refractivity contribution in [3.8, 4) is 0 Å². The van der Waals surface area contributed by atoms with Crippen molar-refractivity contribution in [1.82, 2.24) is 0 Å². The molecule has 0 unspecified atom stereocenters. The summed E-state index contributed by atoms with van der Waals surface area (Å²) in [4.78, 5) is 0. The number of rotatable bonds is 3. The summed E-state index contributed by atoms with van der Waals surface area (Å²) in [5.41, 5.74) is 1.51. The zero-order chi connectivity index (χ0) is 12.1. The van der Waals surface area contributed by atoms with Crippen molar-refractivity contribution in [2.75, 3.05) is 5.23 Å². The predicted octanol–water partition coefficient (Wildman–Crippen LogP) is 3.69. The molecule has 2 aromatic rings. The Morgan fingerprint density at radius 1 is 0.765 bits per heavy atom. The van der Waals surface area contributed by atoms with E-state index in [0.717, 1.165) is 5.69 Å². The van der Waals surface area contributed by atoms with E-state index in [1.54, 1.807) is 18.2 Å². The zero-order valence-corrected chi connectivity index (χ0v) is 8.93. The van der Waals surface area contributed by atoms with Crippen LogP contribution in [0.5, 0.6) is 0 Å². The molecule has 2 rings (SSSR count). The van der Waals surface area contributed by atoms with Gasteiger partial charge in [-0.15, -0.1) is 5.23 Å². The molecule has 0 saturated carbocycles. The molecule has 0 amide bonds. The lowest BCUT2D eigenvalue weighted by Gasteiger charge is -2.06. The molecule has 5 heteroatoms. The summed E-state index contributed by atoms with van der Waals surface area (Å²) in [6, 6.07) is 15.7. The summed E-state index contributed by atoms with van der Waals surface area (Å²) in [5, 5.41) is 25.8. The van der Waals surface area contributed by atoms with E-state index >= 15 is 0 Å². The topological polar surface area (TPSA) is 68.4 Å². The van der Waals surface area contributed by atoms with Crippen LogP contribution in [0, 0.1) is 0 Å². The summed E-state index contributed by atoms with van der Waals surface area (Å²) in [7, 11) is 0. The molecule has 2 aromatic carbocycles. The van der Waals surface area contributed by atoms with Crippen LogP contribution >= 0.6 is 0 Å². The van der Waals surface area contributed by atoms with Crippen LogP contribution in [-0.2, 0) is 0 Å². The average Bonchev–Trinajstić information content (AvgIpc) is 2.38. The number of nitrogens with zero attached hydrogens (tertiary/aromatic N) is 3. The van der Waals surface area contributed by atoms with Crippen LogP contribution in [0.4, 0.5) is 17.1 Å². The Bertz CT molecular complexity index is 512. The SMILES string of the molecule is ON(O)c1cccc(N=Nc2ccccc2)c1. The highest BCUT2D eigenvalue weighted by atomic mass is 16.8. The van der Waals surface area contributed by atoms with Gasteiger partial charge in [0, 0.05) is 0 Å². The van der Waals surface area contributed by atoms with Gasteiger partial charge < -0.3 is 0 Å². The smallest absolute Gasteiger partial charge is 0.0964 e. The summed E-state index contributed by atoms with van der Waals surface area (Å²) >= 11 is 0. The van der Waals surface area contributed by atoms with Crippen molar-refractivity contribution < 1.29 is 10.4 Å². The Balaban J connectivity index is 2.19. The van der Waals surface area contributed by atoms with E-state index in [1.165, 1.54) is 6.07 Å².